The van der Waals surface area contributed by atoms with Crippen molar-refractivity contribution in [1.29, 1.82) is 0 Å². The molecule has 0 aliphatic heterocycles. The fraction of sp³-hybridized carbons (Fsp3) is 0.154. The molecule has 6 nitrogen and oxygen atoms in total. The van der Waals surface area contributed by atoms with Crippen LogP contribution in [0.15, 0.2) is 29.2 Å². The molecular formula is C13H12ClN5O. The van der Waals surface area contributed by atoms with Gasteiger partial charge in [-0.3, -0.25) is 9.48 Å². The molecule has 3 rings (SSSR count). The highest BCUT2D eigenvalue weighted by atomic mass is 35.5. The smallest absolute Gasteiger partial charge is 0.272 e. The zero-order valence-corrected chi connectivity index (χ0v) is 11.5. The number of H-pyrrole nitrogens is 1. The molecule has 0 radical (unpaired) electrons. The summed E-state index contributed by atoms with van der Waals surface area (Å²) < 4.78 is 1.58. The average Bonchev–Trinajstić information content (AvgIpc) is 2.79. The van der Waals surface area contributed by atoms with E-state index in [-0.39, 0.29) is 12.1 Å². The number of hydrogen-bond acceptors (Lipinski definition) is 4. The monoisotopic (exact) mass is 289 g/mol. The number of rotatable bonds is 2. The van der Waals surface area contributed by atoms with Crippen molar-refractivity contribution in [3.8, 4) is 11.1 Å². The highest BCUT2D eigenvalue weighted by molar-refractivity contribution is 6.32. The number of aromatic amines is 1. The van der Waals surface area contributed by atoms with Crippen molar-refractivity contribution < 1.29 is 0 Å². The van der Waals surface area contributed by atoms with Crippen molar-refractivity contribution in [3.63, 3.8) is 0 Å². The van der Waals surface area contributed by atoms with E-state index in [2.05, 4.69) is 15.3 Å². The van der Waals surface area contributed by atoms with Gasteiger partial charge in [-0.25, -0.2) is 5.10 Å². The number of fused-ring (bicyclic) bond motifs is 1. The second-order valence-electron chi connectivity index (χ2n) is 4.44. The van der Waals surface area contributed by atoms with Gasteiger partial charge < -0.3 is 5.73 Å². The first-order valence-electron chi connectivity index (χ1n) is 6.01. The van der Waals surface area contributed by atoms with E-state index in [1.807, 2.05) is 12.1 Å². The van der Waals surface area contributed by atoms with Crippen molar-refractivity contribution in [2.24, 2.45) is 12.8 Å². The van der Waals surface area contributed by atoms with E-state index in [0.717, 1.165) is 16.5 Å². The molecule has 20 heavy (non-hydrogen) atoms. The molecule has 102 valence electrons. The summed E-state index contributed by atoms with van der Waals surface area (Å²) in [6.07, 6.45) is 1.69. The van der Waals surface area contributed by atoms with Crippen LogP contribution in [-0.2, 0) is 13.6 Å². The first kappa shape index (κ1) is 12.8. The van der Waals surface area contributed by atoms with E-state index in [1.165, 1.54) is 0 Å². The molecule has 0 aliphatic rings. The summed E-state index contributed by atoms with van der Waals surface area (Å²) in [5, 5.41) is 12.3. The number of nitrogens with two attached hydrogens (primary N) is 1. The third-order valence-electron chi connectivity index (χ3n) is 3.24. The Labute approximate surface area is 119 Å². The maximum atomic E-state index is 11.8. The molecule has 0 saturated carbocycles. The summed E-state index contributed by atoms with van der Waals surface area (Å²) in [6.45, 7) is 0.248. The Morgan fingerprint density at radius 1 is 1.40 bits per heavy atom. The molecule has 3 N–H and O–H groups in total. The van der Waals surface area contributed by atoms with Crippen LogP contribution in [0.2, 0.25) is 5.15 Å². The largest absolute Gasteiger partial charge is 0.325 e. The normalized spacial score (nSPS) is 11.2. The summed E-state index contributed by atoms with van der Waals surface area (Å²) in [5.74, 6) is 0. The Balaban J connectivity index is 2.30. The summed E-state index contributed by atoms with van der Waals surface area (Å²) in [6, 6.07) is 5.44. The molecule has 2 heterocycles. The summed E-state index contributed by atoms with van der Waals surface area (Å²) in [7, 11) is 1.77. The number of aryl methyl sites for hydroxylation is 1. The molecule has 0 amide bonds. The van der Waals surface area contributed by atoms with Gasteiger partial charge in [-0.15, -0.1) is 0 Å². The van der Waals surface area contributed by atoms with Gasteiger partial charge in [0.15, 0.2) is 0 Å². The molecule has 3 aromatic rings. The van der Waals surface area contributed by atoms with E-state index in [9.17, 15) is 4.79 Å². The second-order valence-corrected chi connectivity index (χ2v) is 4.79. The number of nitrogens with one attached hydrogen (secondary N) is 1. The highest BCUT2D eigenvalue weighted by Gasteiger charge is 2.11. The average molecular weight is 290 g/mol. The van der Waals surface area contributed by atoms with Crippen LogP contribution < -0.4 is 11.3 Å². The maximum Gasteiger partial charge on any atom is 0.272 e. The fourth-order valence-electron chi connectivity index (χ4n) is 2.16. The van der Waals surface area contributed by atoms with Crippen LogP contribution in [0.1, 0.15) is 5.69 Å². The van der Waals surface area contributed by atoms with Gasteiger partial charge in [-0.1, -0.05) is 17.7 Å². The van der Waals surface area contributed by atoms with Gasteiger partial charge in [0.25, 0.3) is 5.56 Å². The van der Waals surface area contributed by atoms with Crippen LogP contribution in [0.4, 0.5) is 0 Å². The number of halogens is 1. The van der Waals surface area contributed by atoms with Crippen molar-refractivity contribution in [1.82, 2.24) is 20.0 Å². The number of aromatic nitrogens is 4. The Kier molecular flexibility index (Phi) is 3.04. The summed E-state index contributed by atoms with van der Waals surface area (Å²) in [4.78, 5) is 11.8. The highest BCUT2D eigenvalue weighted by Crippen LogP contribution is 2.29. The minimum atomic E-state index is -0.235. The molecule has 0 atom stereocenters. The Morgan fingerprint density at radius 2 is 2.20 bits per heavy atom. The molecule has 1 aromatic carbocycles. The Hall–Kier alpha value is -2.18. The second kappa shape index (κ2) is 4.73. The topological polar surface area (TPSA) is 89.6 Å². The Bertz CT molecular complexity index is 852. The van der Waals surface area contributed by atoms with Crippen LogP contribution in [0.3, 0.4) is 0 Å². The molecule has 0 bridgehead atoms. The first-order chi connectivity index (χ1) is 9.61. The van der Waals surface area contributed by atoms with E-state index < -0.39 is 0 Å². The van der Waals surface area contributed by atoms with Crippen LogP contribution in [-0.4, -0.2) is 20.0 Å². The number of hydrogen-bond donors (Lipinski definition) is 2. The molecule has 0 aliphatic carbocycles. The van der Waals surface area contributed by atoms with E-state index >= 15 is 0 Å². The zero-order valence-electron chi connectivity index (χ0n) is 10.7. The summed E-state index contributed by atoms with van der Waals surface area (Å²) in [5.41, 5.74) is 7.74. The fourth-order valence-corrected chi connectivity index (χ4v) is 2.36. The molecule has 0 unspecified atom stereocenters. The van der Waals surface area contributed by atoms with Gasteiger partial charge in [-0.05, 0) is 17.7 Å². The molecular weight excluding hydrogens is 278 g/mol. The van der Waals surface area contributed by atoms with Gasteiger partial charge in [0.05, 0.1) is 17.3 Å². The maximum absolute atomic E-state index is 11.8. The van der Waals surface area contributed by atoms with Gasteiger partial charge in [0.1, 0.15) is 5.15 Å². The summed E-state index contributed by atoms with van der Waals surface area (Å²) >= 11 is 6.19. The lowest BCUT2D eigenvalue weighted by Crippen LogP contribution is -2.13. The molecule has 0 fully saturated rings. The van der Waals surface area contributed by atoms with E-state index in [1.54, 1.807) is 24.0 Å². The number of nitrogens with zero attached hydrogens (tertiary/aromatic N) is 3. The molecule has 0 spiro atoms. The van der Waals surface area contributed by atoms with Gasteiger partial charge in [-0.2, -0.15) is 10.2 Å². The van der Waals surface area contributed by atoms with Crippen molar-refractivity contribution in [3.05, 3.63) is 45.6 Å². The lowest BCUT2D eigenvalue weighted by atomic mass is 10.0. The predicted molar refractivity (Wildman–Crippen MR) is 77.5 cm³/mol. The van der Waals surface area contributed by atoms with Crippen molar-refractivity contribution >= 4 is 22.4 Å². The lowest BCUT2D eigenvalue weighted by Gasteiger charge is -2.05. The quantitative estimate of drug-likeness (QED) is 0.747. The van der Waals surface area contributed by atoms with Crippen LogP contribution in [0.5, 0.6) is 0 Å². The third kappa shape index (κ3) is 1.90. The number of benzene rings is 1. The molecule has 0 saturated heterocycles. The minimum absolute atomic E-state index is 0.235. The van der Waals surface area contributed by atoms with E-state index in [4.69, 9.17) is 17.3 Å². The molecule has 2 aromatic heterocycles. The van der Waals surface area contributed by atoms with Gasteiger partial charge in [0, 0.05) is 24.5 Å². The molecule has 7 heteroatoms. The standard InChI is InChI=1S/C13H12ClN5O/c1-19-12(14)10(6-16-19)7-2-3-8-9(4-7)11(5-15)17-18-13(8)20/h2-4,6H,5,15H2,1H3,(H,18,20). The van der Waals surface area contributed by atoms with Crippen LogP contribution >= 0.6 is 11.6 Å². The van der Waals surface area contributed by atoms with Crippen LogP contribution in [0, 0.1) is 0 Å². The lowest BCUT2D eigenvalue weighted by molar-refractivity contribution is 0.769. The zero-order chi connectivity index (χ0) is 14.3. The minimum Gasteiger partial charge on any atom is -0.325 e. The van der Waals surface area contributed by atoms with Gasteiger partial charge >= 0.3 is 0 Å². The van der Waals surface area contributed by atoms with Crippen molar-refractivity contribution in [2.45, 2.75) is 6.54 Å². The van der Waals surface area contributed by atoms with Crippen molar-refractivity contribution in [2.75, 3.05) is 0 Å². The van der Waals surface area contributed by atoms with Crippen LogP contribution in [0.25, 0.3) is 21.9 Å². The first-order valence-corrected chi connectivity index (χ1v) is 6.39. The predicted octanol–water partition coefficient (Wildman–Crippen LogP) is 1.44. The Morgan fingerprint density at radius 3 is 2.85 bits per heavy atom. The SMILES string of the molecule is Cn1ncc(-c2ccc3c(=O)[nH]nc(CN)c3c2)c1Cl. The third-order valence-corrected chi connectivity index (χ3v) is 3.69. The van der Waals surface area contributed by atoms with Gasteiger partial charge in [0.2, 0.25) is 0 Å². The van der Waals surface area contributed by atoms with E-state index in [0.29, 0.717) is 16.2 Å².